The Balaban J connectivity index is 0.000000354. The summed E-state index contributed by atoms with van der Waals surface area (Å²) >= 11 is 0. The number of aromatic nitrogens is 3. The first-order valence-corrected chi connectivity index (χ1v) is 14.0. The fourth-order valence-corrected chi connectivity index (χ4v) is 4.98. The van der Waals surface area contributed by atoms with Gasteiger partial charge in [0.1, 0.15) is 0 Å². The molecule has 4 nitrogen and oxygen atoms in total. The normalized spacial score (nSPS) is 13.2. The second-order valence-corrected chi connectivity index (χ2v) is 9.44. The Hall–Kier alpha value is -2.72. The molecule has 0 amide bonds. The molecule has 4 rings (SSSR count). The van der Waals surface area contributed by atoms with Gasteiger partial charge in [0, 0.05) is 40.7 Å². The molecule has 3 heterocycles. The maximum absolute atomic E-state index is 4.89. The number of pyridine rings is 2. The van der Waals surface area contributed by atoms with Crippen LogP contribution in [0.2, 0.25) is 0 Å². The van der Waals surface area contributed by atoms with Gasteiger partial charge in [-0.25, -0.2) is 4.52 Å². The van der Waals surface area contributed by atoms with Crippen LogP contribution in [0.5, 0.6) is 0 Å². The Morgan fingerprint density at radius 2 is 1.81 bits per heavy atom. The van der Waals surface area contributed by atoms with Gasteiger partial charge in [0.05, 0.1) is 11.7 Å². The molecule has 1 aliphatic rings. The molecule has 0 aromatic carbocycles. The third kappa shape index (κ3) is 7.64. The van der Waals surface area contributed by atoms with Crippen molar-refractivity contribution in [3.63, 3.8) is 0 Å². The Labute approximate surface area is 219 Å². The van der Waals surface area contributed by atoms with Gasteiger partial charge in [-0.2, -0.15) is 5.10 Å². The van der Waals surface area contributed by atoms with Crippen LogP contribution in [0.25, 0.3) is 17.2 Å². The minimum Gasteiger partial charge on any atom is -0.317 e. The zero-order valence-corrected chi connectivity index (χ0v) is 23.6. The minimum atomic E-state index is 0.638. The summed E-state index contributed by atoms with van der Waals surface area (Å²) in [5, 5.41) is 7.64. The molecule has 0 bridgehead atoms. The van der Waals surface area contributed by atoms with Gasteiger partial charge in [-0.3, -0.25) is 4.98 Å². The van der Waals surface area contributed by atoms with E-state index in [0.29, 0.717) is 5.92 Å². The number of nitrogens with zero attached hydrogens (tertiary/aromatic N) is 3. The van der Waals surface area contributed by atoms with Gasteiger partial charge in [0.25, 0.3) is 0 Å². The van der Waals surface area contributed by atoms with E-state index in [1.54, 1.807) is 0 Å². The van der Waals surface area contributed by atoms with E-state index in [1.807, 2.05) is 36.8 Å². The van der Waals surface area contributed by atoms with E-state index < -0.39 is 0 Å². The molecule has 1 N–H and O–H groups in total. The number of aryl methyl sites for hydroxylation is 1. The van der Waals surface area contributed by atoms with Crippen molar-refractivity contribution in [3.05, 3.63) is 77.9 Å². The first-order chi connectivity index (χ1) is 17.5. The lowest BCUT2D eigenvalue weighted by atomic mass is 9.96. The van der Waals surface area contributed by atoms with Gasteiger partial charge < -0.3 is 5.32 Å². The van der Waals surface area contributed by atoms with E-state index in [9.17, 15) is 0 Å². The van der Waals surface area contributed by atoms with Crippen LogP contribution in [0.3, 0.4) is 0 Å². The highest BCUT2D eigenvalue weighted by atomic mass is 15.2. The average Bonchev–Trinajstić information content (AvgIpc) is 3.59. The van der Waals surface area contributed by atoms with Crippen LogP contribution in [-0.2, 0) is 0 Å². The highest BCUT2D eigenvalue weighted by Gasteiger charge is 2.19. The summed E-state index contributed by atoms with van der Waals surface area (Å²) in [6.07, 6.45) is 16.1. The minimum absolute atomic E-state index is 0.638. The van der Waals surface area contributed by atoms with E-state index in [0.717, 1.165) is 39.5 Å². The fourth-order valence-electron chi connectivity index (χ4n) is 4.98. The van der Waals surface area contributed by atoms with Gasteiger partial charge in [0.15, 0.2) is 0 Å². The zero-order valence-electron chi connectivity index (χ0n) is 23.6. The Morgan fingerprint density at radius 3 is 2.36 bits per heavy atom. The molecule has 4 heteroatoms. The SMILES string of the molecule is C=Cc1cnn2ccc(C(=C)c3ccc(C4CCCC4)nc3C)cc12.CC.CCCC(CCC)NC. The molecular formula is C32H48N4. The molecule has 36 heavy (non-hydrogen) atoms. The van der Waals surface area contributed by atoms with Crippen LogP contribution in [-0.4, -0.2) is 27.7 Å². The molecule has 1 fully saturated rings. The van der Waals surface area contributed by atoms with E-state index in [1.165, 1.54) is 57.1 Å². The summed E-state index contributed by atoms with van der Waals surface area (Å²) in [6, 6.07) is 9.32. The Bertz CT molecular complexity index is 1080. The van der Waals surface area contributed by atoms with Crippen LogP contribution < -0.4 is 5.32 Å². The molecule has 0 radical (unpaired) electrons. The standard InChI is InChI=1S/C22H23N3.C8H19N.C2H6/c1-4-17-14-23-25-12-11-19(13-22(17)25)15(2)20-9-10-21(24-16(20)3)18-7-5-6-8-18;1-4-6-8(9-3)7-5-2;1-2/h4,9-14,18H,1-2,5-8H2,3H3;8-9H,4-7H2,1-3H3;1-2H3. The van der Waals surface area contributed by atoms with Crippen molar-refractivity contribution < 1.29 is 0 Å². The highest BCUT2D eigenvalue weighted by Crippen LogP contribution is 2.34. The van der Waals surface area contributed by atoms with Crippen LogP contribution in [0.15, 0.2) is 49.8 Å². The summed E-state index contributed by atoms with van der Waals surface area (Å²) in [5.41, 5.74) is 7.59. The molecule has 0 unspecified atom stereocenters. The molecule has 0 aliphatic heterocycles. The summed E-state index contributed by atoms with van der Waals surface area (Å²) in [7, 11) is 2.05. The summed E-state index contributed by atoms with van der Waals surface area (Å²) in [4.78, 5) is 4.89. The zero-order chi connectivity index (χ0) is 26.5. The number of hydrogen-bond donors (Lipinski definition) is 1. The van der Waals surface area contributed by atoms with Crippen LogP contribution in [0.1, 0.15) is 113 Å². The van der Waals surface area contributed by atoms with Crippen molar-refractivity contribution in [1.29, 1.82) is 0 Å². The molecular weight excluding hydrogens is 440 g/mol. The quantitative estimate of drug-likeness (QED) is 0.328. The Morgan fingerprint density at radius 1 is 1.14 bits per heavy atom. The van der Waals surface area contributed by atoms with Crippen molar-refractivity contribution in [1.82, 2.24) is 19.9 Å². The van der Waals surface area contributed by atoms with Crippen molar-refractivity contribution in [2.45, 2.75) is 97.9 Å². The highest BCUT2D eigenvalue weighted by molar-refractivity contribution is 5.82. The Kier molecular flexibility index (Phi) is 12.6. The van der Waals surface area contributed by atoms with Gasteiger partial charge in [0.2, 0.25) is 0 Å². The average molecular weight is 489 g/mol. The second kappa shape index (κ2) is 15.4. The molecule has 1 saturated carbocycles. The van der Waals surface area contributed by atoms with Crippen molar-refractivity contribution >= 4 is 17.2 Å². The summed E-state index contributed by atoms with van der Waals surface area (Å²) in [5.74, 6) is 0.638. The fraction of sp³-hybridized carbons (Fsp3) is 0.500. The third-order valence-corrected chi connectivity index (χ3v) is 7.01. The van der Waals surface area contributed by atoms with Crippen LogP contribution >= 0.6 is 0 Å². The van der Waals surface area contributed by atoms with E-state index >= 15 is 0 Å². The van der Waals surface area contributed by atoms with Crippen molar-refractivity contribution in [2.75, 3.05) is 7.05 Å². The smallest absolute Gasteiger partial charge is 0.0739 e. The molecule has 3 aromatic heterocycles. The molecule has 1 aliphatic carbocycles. The molecule has 3 aromatic rings. The largest absolute Gasteiger partial charge is 0.317 e. The van der Waals surface area contributed by atoms with Crippen LogP contribution in [0.4, 0.5) is 0 Å². The first-order valence-electron chi connectivity index (χ1n) is 14.0. The van der Waals surface area contributed by atoms with E-state index in [-0.39, 0.29) is 0 Å². The molecule has 0 atom stereocenters. The van der Waals surface area contributed by atoms with E-state index in [4.69, 9.17) is 4.98 Å². The number of hydrogen-bond acceptors (Lipinski definition) is 3. The predicted molar refractivity (Wildman–Crippen MR) is 158 cm³/mol. The second-order valence-electron chi connectivity index (χ2n) is 9.44. The number of nitrogens with one attached hydrogen (secondary N) is 1. The molecule has 0 spiro atoms. The first kappa shape index (κ1) is 29.5. The molecule has 196 valence electrons. The van der Waals surface area contributed by atoms with Gasteiger partial charge in [-0.15, -0.1) is 0 Å². The van der Waals surface area contributed by atoms with E-state index in [2.05, 4.69) is 75.7 Å². The number of rotatable bonds is 9. The lowest BCUT2D eigenvalue weighted by Gasteiger charge is -2.14. The van der Waals surface area contributed by atoms with Crippen LogP contribution in [0, 0.1) is 6.92 Å². The topological polar surface area (TPSA) is 42.2 Å². The number of fused-ring (bicyclic) bond motifs is 1. The lowest BCUT2D eigenvalue weighted by Crippen LogP contribution is -2.24. The van der Waals surface area contributed by atoms with Gasteiger partial charge in [-0.05, 0) is 69.0 Å². The predicted octanol–water partition coefficient (Wildman–Crippen LogP) is 8.60. The molecule has 0 saturated heterocycles. The van der Waals surface area contributed by atoms with Crippen molar-refractivity contribution in [3.8, 4) is 0 Å². The summed E-state index contributed by atoms with van der Waals surface area (Å²) in [6.45, 7) is 18.8. The van der Waals surface area contributed by atoms with Crippen molar-refractivity contribution in [2.24, 2.45) is 0 Å². The van der Waals surface area contributed by atoms with Gasteiger partial charge >= 0.3 is 0 Å². The van der Waals surface area contributed by atoms with Gasteiger partial charge in [-0.1, -0.05) is 78.7 Å². The maximum Gasteiger partial charge on any atom is 0.0739 e. The monoisotopic (exact) mass is 488 g/mol. The summed E-state index contributed by atoms with van der Waals surface area (Å²) < 4.78 is 1.86. The maximum atomic E-state index is 4.89. The lowest BCUT2D eigenvalue weighted by molar-refractivity contribution is 0.479. The third-order valence-electron chi connectivity index (χ3n) is 7.01.